The minimum atomic E-state index is 0.0771. The Bertz CT molecular complexity index is 217. The predicted octanol–water partition coefficient (Wildman–Crippen LogP) is 4.30. The van der Waals surface area contributed by atoms with Gasteiger partial charge in [0, 0.05) is 13.2 Å². The first kappa shape index (κ1) is 14.7. The molecule has 1 aliphatic heterocycles. The van der Waals surface area contributed by atoms with Gasteiger partial charge in [-0.05, 0) is 58.3 Å². The molecule has 0 aromatic rings. The summed E-state index contributed by atoms with van der Waals surface area (Å²) in [5.74, 6) is 0.744. The van der Waals surface area contributed by atoms with Crippen LogP contribution < -0.4 is 0 Å². The van der Waals surface area contributed by atoms with Gasteiger partial charge in [-0.3, -0.25) is 0 Å². The van der Waals surface area contributed by atoms with E-state index in [1.807, 2.05) is 0 Å². The molecule has 2 heteroatoms. The van der Waals surface area contributed by atoms with E-state index in [0.717, 1.165) is 32.0 Å². The minimum Gasteiger partial charge on any atom is -0.353 e. The lowest BCUT2D eigenvalue weighted by Crippen LogP contribution is -2.23. The van der Waals surface area contributed by atoms with E-state index in [4.69, 9.17) is 9.47 Å². The van der Waals surface area contributed by atoms with Gasteiger partial charge in [-0.1, -0.05) is 18.6 Å². The van der Waals surface area contributed by atoms with Gasteiger partial charge in [-0.15, -0.1) is 0 Å². The Morgan fingerprint density at radius 1 is 1.41 bits per heavy atom. The van der Waals surface area contributed by atoms with Gasteiger partial charge in [-0.25, -0.2) is 0 Å². The molecule has 0 N–H and O–H groups in total. The standard InChI is InChI=1S/C15H28O2/c1-4-13(2)8-9-14(3)10-12-17-15-7-5-6-11-16-15/h4,14-15H,5-12H2,1-3H3. The van der Waals surface area contributed by atoms with Crippen LogP contribution in [0, 0.1) is 5.92 Å². The largest absolute Gasteiger partial charge is 0.353 e. The molecule has 2 atom stereocenters. The van der Waals surface area contributed by atoms with Crippen LogP contribution in [0.25, 0.3) is 0 Å². The molecule has 1 rings (SSSR count). The molecule has 2 nitrogen and oxygen atoms in total. The third kappa shape index (κ3) is 6.85. The Kier molecular flexibility index (Phi) is 7.54. The molecule has 100 valence electrons. The van der Waals surface area contributed by atoms with Gasteiger partial charge >= 0.3 is 0 Å². The van der Waals surface area contributed by atoms with Crippen LogP contribution >= 0.6 is 0 Å². The second-order valence-corrected chi connectivity index (χ2v) is 5.23. The monoisotopic (exact) mass is 240 g/mol. The summed E-state index contributed by atoms with van der Waals surface area (Å²) in [6, 6.07) is 0. The zero-order valence-corrected chi connectivity index (χ0v) is 11.7. The molecule has 0 aliphatic carbocycles. The molecule has 0 amide bonds. The lowest BCUT2D eigenvalue weighted by Gasteiger charge is -2.23. The maximum absolute atomic E-state index is 5.75. The molecule has 0 radical (unpaired) electrons. The molecule has 1 heterocycles. The summed E-state index contributed by atoms with van der Waals surface area (Å²) in [5.41, 5.74) is 1.49. The smallest absolute Gasteiger partial charge is 0.157 e. The van der Waals surface area contributed by atoms with Crippen LogP contribution in [0.15, 0.2) is 11.6 Å². The van der Waals surface area contributed by atoms with Gasteiger partial charge in [0.05, 0.1) is 0 Å². The number of allylic oxidation sites excluding steroid dienone is 2. The van der Waals surface area contributed by atoms with E-state index in [1.165, 1.54) is 31.3 Å². The molecule has 0 spiro atoms. The molecule has 1 fully saturated rings. The van der Waals surface area contributed by atoms with Crippen molar-refractivity contribution in [3.05, 3.63) is 11.6 Å². The number of hydrogen-bond acceptors (Lipinski definition) is 2. The summed E-state index contributed by atoms with van der Waals surface area (Å²) in [7, 11) is 0. The number of hydrogen-bond donors (Lipinski definition) is 0. The van der Waals surface area contributed by atoms with Crippen molar-refractivity contribution in [2.75, 3.05) is 13.2 Å². The third-order valence-electron chi connectivity index (χ3n) is 3.58. The fourth-order valence-electron chi connectivity index (χ4n) is 2.01. The first-order valence-electron chi connectivity index (χ1n) is 7.07. The highest BCUT2D eigenvalue weighted by molar-refractivity contribution is 4.95. The van der Waals surface area contributed by atoms with Crippen LogP contribution in [0.4, 0.5) is 0 Å². The van der Waals surface area contributed by atoms with Crippen LogP contribution in [0.1, 0.15) is 59.3 Å². The molecule has 2 unspecified atom stereocenters. The van der Waals surface area contributed by atoms with E-state index < -0.39 is 0 Å². The zero-order valence-electron chi connectivity index (χ0n) is 11.7. The second kappa shape index (κ2) is 8.71. The topological polar surface area (TPSA) is 18.5 Å². The van der Waals surface area contributed by atoms with Crippen molar-refractivity contribution in [3.63, 3.8) is 0 Å². The molecule has 0 bridgehead atoms. The average molecular weight is 240 g/mol. The summed E-state index contributed by atoms with van der Waals surface area (Å²) < 4.78 is 11.3. The summed E-state index contributed by atoms with van der Waals surface area (Å²) in [6.07, 6.45) is 9.44. The van der Waals surface area contributed by atoms with E-state index in [0.29, 0.717) is 0 Å². The van der Waals surface area contributed by atoms with Crippen LogP contribution in [0.5, 0.6) is 0 Å². The first-order chi connectivity index (χ1) is 8.22. The van der Waals surface area contributed by atoms with E-state index in [9.17, 15) is 0 Å². The third-order valence-corrected chi connectivity index (χ3v) is 3.58. The van der Waals surface area contributed by atoms with Crippen molar-refractivity contribution in [1.82, 2.24) is 0 Å². The van der Waals surface area contributed by atoms with Gasteiger partial charge in [0.1, 0.15) is 0 Å². The Hall–Kier alpha value is -0.340. The van der Waals surface area contributed by atoms with Gasteiger partial charge < -0.3 is 9.47 Å². The molecule has 1 aliphatic rings. The first-order valence-corrected chi connectivity index (χ1v) is 7.07. The van der Waals surface area contributed by atoms with Gasteiger partial charge in [0.25, 0.3) is 0 Å². The highest BCUT2D eigenvalue weighted by Crippen LogP contribution is 2.17. The molecular weight excluding hydrogens is 212 g/mol. The van der Waals surface area contributed by atoms with E-state index in [1.54, 1.807) is 0 Å². The summed E-state index contributed by atoms with van der Waals surface area (Å²) in [5, 5.41) is 0. The molecule has 0 aromatic heterocycles. The van der Waals surface area contributed by atoms with Crippen molar-refractivity contribution < 1.29 is 9.47 Å². The van der Waals surface area contributed by atoms with Crippen molar-refractivity contribution in [3.8, 4) is 0 Å². The lowest BCUT2D eigenvalue weighted by atomic mass is 9.99. The maximum Gasteiger partial charge on any atom is 0.157 e. The Morgan fingerprint density at radius 3 is 2.88 bits per heavy atom. The van der Waals surface area contributed by atoms with Crippen molar-refractivity contribution in [1.29, 1.82) is 0 Å². The van der Waals surface area contributed by atoms with Crippen LogP contribution in [-0.4, -0.2) is 19.5 Å². The van der Waals surface area contributed by atoms with E-state index >= 15 is 0 Å². The summed E-state index contributed by atoms with van der Waals surface area (Å²) >= 11 is 0. The molecule has 17 heavy (non-hydrogen) atoms. The Morgan fingerprint density at radius 2 is 2.24 bits per heavy atom. The predicted molar refractivity (Wildman–Crippen MR) is 72.0 cm³/mol. The zero-order chi connectivity index (χ0) is 12.5. The highest BCUT2D eigenvalue weighted by atomic mass is 16.7. The van der Waals surface area contributed by atoms with Gasteiger partial charge in [0.2, 0.25) is 0 Å². The Balaban J connectivity index is 2.01. The summed E-state index contributed by atoms with van der Waals surface area (Å²) in [6.45, 7) is 8.36. The average Bonchev–Trinajstić information content (AvgIpc) is 2.37. The molecule has 1 saturated heterocycles. The number of rotatable bonds is 7. The number of ether oxygens (including phenoxy) is 2. The molecule has 0 aromatic carbocycles. The summed E-state index contributed by atoms with van der Waals surface area (Å²) in [4.78, 5) is 0. The fourth-order valence-corrected chi connectivity index (χ4v) is 2.01. The highest BCUT2D eigenvalue weighted by Gasteiger charge is 2.14. The molecule has 0 saturated carbocycles. The van der Waals surface area contributed by atoms with E-state index in [-0.39, 0.29) is 6.29 Å². The minimum absolute atomic E-state index is 0.0771. The second-order valence-electron chi connectivity index (χ2n) is 5.23. The van der Waals surface area contributed by atoms with Crippen LogP contribution in [0.2, 0.25) is 0 Å². The quantitative estimate of drug-likeness (QED) is 0.618. The van der Waals surface area contributed by atoms with E-state index in [2.05, 4.69) is 26.8 Å². The van der Waals surface area contributed by atoms with Crippen molar-refractivity contribution in [2.24, 2.45) is 5.92 Å². The van der Waals surface area contributed by atoms with Gasteiger partial charge in [0.15, 0.2) is 6.29 Å². The maximum atomic E-state index is 5.75. The van der Waals surface area contributed by atoms with Crippen molar-refractivity contribution in [2.45, 2.75) is 65.6 Å². The lowest BCUT2D eigenvalue weighted by molar-refractivity contribution is -0.163. The van der Waals surface area contributed by atoms with Crippen LogP contribution in [0.3, 0.4) is 0 Å². The SMILES string of the molecule is CC=C(C)CCC(C)CCOC1CCCCO1. The van der Waals surface area contributed by atoms with Crippen molar-refractivity contribution >= 4 is 0 Å². The fraction of sp³-hybridized carbons (Fsp3) is 0.867. The molecular formula is C15H28O2. The van der Waals surface area contributed by atoms with Crippen LogP contribution in [-0.2, 0) is 9.47 Å². The Labute approximate surface area is 106 Å². The normalized spacial score (nSPS) is 23.7. The van der Waals surface area contributed by atoms with Gasteiger partial charge in [-0.2, -0.15) is 0 Å².